The lowest BCUT2D eigenvalue weighted by atomic mass is 9.79. The molecule has 0 radical (unpaired) electrons. The normalized spacial score (nSPS) is 15.8. The first-order valence-corrected chi connectivity index (χ1v) is 14.7. The maximum atomic E-state index is 12.9. The highest BCUT2D eigenvalue weighted by atomic mass is 79.9. The molecule has 6 aromatic rings. The van der Waals surface area contributed by atoms with Crippen LogP contribution < -0.4 is 0 Å². The van der Waals surface area contributed by atoms with Gasteiger partial charge in [-0.2, -0.15) is 0 Å². The van der Waals surface area contributed by atoms with E-state index in [1.807, 2.05) is 0 Å². The van der Waals surface area contributed by atoms with Gasteiger partial charge in [0.05, 0.1) is 0 Å². The number of aliphatic hydroxyl groups is 1. The third-order valence-electron chi connectivity index (χ3n) is 8.47. The molecule has 1 nitrogen and oxygen atoms in total. The predicted molar refractivity (Wildman–Crippen MR) is 169 cm³/mol. The average Bonchev–Trinajstić information content (AvgIpc) is 3.27. The van der Waals surface area contributed by atoms with Crippen molar-refractivity contribution < 1.29 is 5.11 Å². The molecule has 0 fully saturated rings. The third kappa shape index (κ3) is 4.11. The SMILES string of the molecule is OC1(c2ccccc2CCC(c2ccccc2)c2ccccc2)c2cc(Br)ccc2-c2c1ccc1ccccc21. The standard InChI is InChI=1S/C38H29BrO/c39-30-21-23-33-36(25-30)38(40,35-24-20-28-15-7-9-17-32(28)37(33)35)34-18-10-8-16-29(34)19-22-31(26-11-3-1-4-12-26)27-13-5-2-6-14-27/h1-18,20-21,23-25,31,40H,19,22H2. The third-order valence-corrected chi connectivity index (χ3v) is 8.97. The van der Waals surface area contributed by atoms with E-state index in [0.29, 0.717) is 0 Å². The van der Waals surface area contributed by atoms with E-state index in [1.165, 1.54) is 27.5 Å². The molecular formula is C38H29BrO. The van der Waals surface area contributed by atoms with Gasteiger partial charge < -0.3 is 5.11 Å². The number of fused-ring (bicyclic) bond motifs is 5. The van der Waals surface area contributed by atoms with Crippen molar-refractivity contribution in [2.75, 3.05) is 0 Å². The number of benzene rings is 6. The van der Waals surface area contributed by atoms with Crippen molar-refractivity contribution in [3.63, 3.8) is 0 Å². The molecule has 1 N–H and O–H groups in total. The number of rotatable bonds is 6. The summed E-state index contributed by atoms with van der Waals surface area (Å²) in [4.78, 5) is 0. The molecule has 194 valence electrons. The number of hydrogen-bond donors (Lipinski definition) is 1. The van der Waals surface area contributed by atoms with Crippen molar-refractivity contribution >= 4 is 26.7 Å². The quantitative estimate of drug-likeness (QED) is 0.208. The monoisotopic (exact) mass is 580 g/mol. The van der Waals surface area contributed by atoms with Gasteiger partial charge in [0.25, 0.3) is 0 Å². The fourth-order valence-corrected chi connectivity index (χ4v) is 6.98. The highest BCUT2D eigenvalue weighted by Gasteiger charge is 2.45. The van der Waals surface area contributed by atoms with Gasteiger partial charge in [-0.3, -0.25) is 0 Å². The Morgan fingerprint density at radius 2 is 1.25 bits per heavy atom. The van der Waals surface area contributed by atoms with Gasteiger partial charge >= 0.3 is 0 Å². The van der Waals surface area contributed by atoms with E-state index < -0.39 is 5.60 Å². The molecule has 7 rings (SSSR count). The van der Waals surface area contributed by atoms with Gasteiger partial charge in [-0.25, -0.2) is 0 Å². The lowest BCUT2D eigenvalue weighted by molar-refractivity contribution is 0.129. The molecule has 0 spiro atoms. The van der Waals surface area contributed by atoms with Crippen LogP contribution in [0, 0.1) is 0 Å². The highest BCUT2D eigenvalue weighted by Crippen LogP contribution is 2.54. The summed E-state index contributed by atoms with van der Waals surface area (Å²) in [5.74, 6) is 0.270. The Balaban J connectivity index is 1.36. The minimum Gasteiger partial charge on any atom is -0.376 e. The van der Waals surface area contributed by atoms with Crippen molar-refractivity contribution in [3.8, 4) is 11.1 Å². The van der Waals surface area contributed by atoms with Crippen molar-refractivity contribution in [1.29, 1.82) is 0 Å². The van der Waals surface area contributed by atoms with Crippen LogP contribution in [0.3, 0.4) is 0 Å². The van der Waals surface area contributed by atoms with Crippen molar-refractivity contribution in [1.82, 2.24) is 0 Å². The molecule has 0 heterocycles. The van der Waals surface area contributed by atoms with Gasteiger partial charge in [-0.05, 0) is 69.1 Å². The fraction of sp³-hybridized carbons (Fsp3) is 0.105. The molecule has 0 amide bonds. The minimum absolute atomic E-state index is 0.270. The topological polar surface area (TPSA) is 20.2 Å². The summed E-state index contributed by atoms with van der Waals surface area (Å²) < 4.78 is 0.965. The minimum atomic E-state index is -1.25. The maximum Gasteiger partial charge on any atom is 0.142 e. The summed E-state index contributed by atoms with van der Waals surface area (Å²) in [6.45, 7) is 0. The van der Waals surface area contributed by atoms with Crippen LogP contribution in [-0.4, -0.2) is 5.11 Å². The fourth-order valence-electron chi connectivity index (χ4n) is 6.62. The van der Waals surface area contributed by atoms with E-state index in [4.69, 9.17) is 0 Å². The van der Waals surface area contributed by atoms with Crippen LogP contribution in [0.2, 0.25) is 0 Å². The summed E-state index contributed by atoms with van der Waals surface area (Å²) >= 11 is 3.69. The molecule has 6 aromatic carbocycles. The number of hydrogen-bond acceptors (Lipinski definition) is 1. The van der Waals surface area contributed by atoms with Gasteiger partial charge in [0, 0.05) is 21.5 Å². The van der Waals surface area contributed by atoms with Gasteiger partial charge in [0.15, 0.2) is 0 Å². The van der Waals surface area contributed by atoms with Crippen LogP contribution in [0.1, 0.15) is 45.7 Å². The Morgan fingerprint density at radius 3 is 2.00 bits per heavy atom. The van der Waals surface area contributed by atoms with Crippen molar-refractivity contribution in [2.45, 2.75) is 24.4 Å². The zero-order valence-electron chi connectivity index (χ0n) is 22.1. The predicted octanol–water partition coefficient (Wildman–Crippen LogP) is 9.63. The first-order valence-electron chi connectivity index (χ1n) is 13.9. The number of aryl methyl sites for hydroxylation is 1. The highest BCUT2D eigenvalue weighted by molar-refractivity contribution is 9.10. The molecule has 40 heavy (non-hydrogen) atoms. The van der Waals surface area contributed by atoms with Crippen LogP contribution >= 0.6 is 15.9 Å². The van der Waals surface area contributed by atoms with Crippen molar-refractivity contribution in [3.05, 3.63) is 177 Å². The summed E-state index contributed by atoms with van der Waals surface area (Å²) in [7, 11) is 0. The van der Waals surface area contributed by atoms with E-state index in [1.54, 1.807) is 0 Å². The zero-order chi connectivity index (χ0) is 27.1. The molecule has 1 unspecified atom stereocenters. The summed E-state index contributed by atoms with van der Waals surface area (Å²) in [5, 5.41) is 15.3. The summed E-state index contributed by atoms with van der Waals surface area (Å²) in [6, 6.07) is 49.1. The van der Waals surface area contributed by atoms with E-state index in [9.17, 15) is 5.11 Å². The van der Waals surface area contributed by atoms with Gasteiger partial charge in [0.1, 0.15) is 5.60 Å². The second-order valence-corrected chi connectivity index (χ2v) is 11.6. The summed E-state index contributed by atoms with van der Waals surface area (Å²) in [5.41, 5.74) is 7.64. The first kappa shape index (κ1) is 25.0. The molecule has 1 aliphatic carbocycles. The Labute approximate surface area is 243 Å². The van der Waals surface area contributed by atoms with E-state index in [2.05, 4.69) is 155 Å². The van der Waals surface area contributed by atoms with Crippen LogP contribution in [0.4, 0.5) is 0 Å². The van der Waals surface area contributed by atoms with E-state index in [0.717, 1.165) is 45.1 Å². The van der Waals surface area contributed by atoms with Crippen LogP contribution in [0.25, 0.3) is 21.9 Å². The molecule has 0 aromatic heterocycles. The zero-order valence-corrected chi connectivity index (χ0v) is 23.7. The van der Waals surface area contributed by atoms with Gasteiger partial charge in [-0.1, -0.05) is 143 Å². The lowest BCUT2D eigenvalue weighted by Gasteiger charge is -2.30. The Morgan fingerprint density at radius 1 is 0.600 bits per heavy atom. The average molecular weight is 582 g/mol. The molecule has 2 heteroatoms. The van der Waals surface area contributed by atoms with Crippen molar-refractivity contribution in [2.24, 2.45) is 0 Å². The molecule has 1 atom stereocenters. The molecule has 0 saturated carbocycles. The van der Waals surface area contributed by atoms with Gasteiger partial charge in [0.2, 0.25) is 0 Å². The molecule has 0 saturated heterocycles. The first-order chi connectivity index (χ1) is 19.6. The maximum absolute atomic E-state index is 12.9. The molecule has 0 aliphatic heterocycles. The molecule has 1 aliphatic rings. The molecule has 0 bridgehead atoms. The number of halogens is 1. The largest absolute Gasteiger partial charge is 0.376 e. The summed E-state index contributed by atoms with van der Waals surface area (Å²) in [6.07, 6.45) is 1.79. The second-order valence-electron chi connectivity index (χ2n) is 10.7. The van der Waals surface area contributed by atoms with E-state index >= 15 is 0 Å². The second kappa shape index (κ2) is 10.2. The Kier molecular flexibility index (Phi) is 6.38. The molecular weight excluding hydrogens is 552 g/mol. The van der Waals surface area contributed by atoms with Gasteiger partial charge in [-0.15, -0.1) is 0 Å². The smallest absolute Gasteiger partial charge is 0.142 e. The lowest BCUT2D eigenvalue weighted by Crippen LogP contribution is -2.28. The van der Waals surface area contributed by atoms with E-state index in [-0.39, 0.29) is 5.92 Å². The van der Waals surface area contributed by atoms with Crippen LogP contribution in [0.5, 0.6) is 0 Å². The van der Waals surface area contributed by atoms with Crippen LogP contribution in [0.15, 0.2) is 144 Å². The Bertz CT molecular complexity index is 1790. The van der Waals surface area contributed by atoms with Crippen LogP contribution in [-0.2, 0) is 12.0 Å². The Hall–Kier alpha value is -3.98.